The Balaban J connectivity index is 1.40. The van der Waals surface area contributed by atoms with E-state index in [0.29, 0.717) is 16.7 Å². The van der Waals surface area contributed by atoms with Gasteiger partial charge in [0, 0.05) is 18.7 Å². The predicted molar refractivity (Wildman–Crippen MR) is 111 cm³/mol. The number of nitrogens with zero attached hydrogens (tertiary/aromatic N) is 3. The Hall–Kier alpha value is -2.90. The van der Waals surface area contributed by atoms with Gasteiger partial charge in [-0.05, 0) is 37.3 Å². The quantitative estimate of drug-likeness (QED) is 0.487. The first kappa shape index (κ1) is 18.5. The molecule has 0 unspecified atom stereocenters. The molecule has 8 heteroatoms. The van der Waals surface area contributed by atoms with Crippen molar-refractivity contribution in [2.45, 2.75) is 13.5 Å². The Morgan fingerprint density at radius 2 is 2.14 bits per heavy atom. The van der Waals surface area contributed by atoms with Crippen LogP contribution in [0.15, 0.2) is 46.9 Å². The summed E-state index contributed by atoms with van der Waals surface area (Å²) < 4.78 is 8.51. The summed E-state index contributed by atoms with van der Waals surface area (Å²) in [6, 6.07) is 11.7. The highest BCUT2D eigenvalue weighted by atomic mass is 35.5. The van der Waals surface area contributed by atoms with Crippen molar-refractivity contribution >= 4 is 45.1 Å². The fourth-order valence-corrected chi connectivity index (χ4v) is 3.96. The van der Waals surface area contributed by atoms with Crippen LogP contribution in [0.4, 0.5) is 0 Å². The number of thiazole rings is 1. The molecule has 3 aromatic heterocycles. The van der Waals surface area contributed by atoms with Gasteiger partial charge in [0.2, 0.25) is 5.91 Å². The van der Waals surface area contributed by atoms with Crippen molar-refractivity contribution in [1.29, 1.82) is 0 Å². The van der Waals surface area contributed by atoms with Crippen molar-refractivity contribution in [3.8, 4) is 10.8 Å². The van der Waals surface area contributed by atoms with E-state index in [4.69, 9.17) is 16.0 Å². The van der Waals surface area contributed by atoms with E-state index in [9.17, 15) is 4.79 Å². The number of carbonyl (C=O) groups is 1. The number of nitrogens with one attached hydrogen (secondary N) is 1. The Morgan fingerprint density at radius 3 is 2.89 bits per heavy atom. The van der Waals surface area contributed by atoms with E-state index in [1.807, 2.05) is 43.3 Å². The average molecular weight is 413 g/mol. The number of rotatable bonds is 5. The number of halogens is 1. The summed E-state index contributed by atoms with van der Waals surface area (Å²) in [5.74, 6) is 1.11. The van der Waals surface area contributed by atoms with Crippen LogP contribution in [-0.4, -0.2) is 20.7 Å². The molecule has 0 atom stereocenters. The Labute approximate surface area is 170 Å². The SMILES string of the molecule is Cc1nn(C)c(Cl)c1/C=C/C(=O)NCc1ccc(-c2nc3ccccc3s2)o1. The van der Waals surface area contributed by atoms with Crippen molar-refractivity contribution in [3.05, 3.63) is 64.6 Å². The molecule has 0 aliphatic rings. The minimum absolute atomic E-state index is 0.239. The molecule has 0 saturated carbocycles. The second-order valence-electron chi connectivity index (χ2n) is 6.22. The molecule has 0 aliphatic heterocycles. The van der Waals surface area contributed by atoms with Gasteiger partial charge in [0.1, 0.15) is 10.9 Å². The maximum Gasteiger partial charge on any atom is 0.244 e. The van der Waals surface area contributed by atoms with Gasteiger partial charge in [-0.1, -0.05) is 23.7 Å². The normalized spacial score (nSPS) is 11.5. The molecule has 0 saturated heterocycles. The average Bonchev–Trinajstić information content (AvgIpc) is 3.37. The summed E-state index contributed by atoms with van der Waals surface area (Å²) >= 11 is 7.73. The van der Waals surface area contributed by atoms with E-state index >= 15 is 0 Å². The highest BCUT2D eigenvalue weighted by molar-refractivity contribution is 7.21. The molecular weight excluding hydrogens is 396 g/mol. The lowest BCUT2D eigenvalue weighted by molar-refractivity contribution is -0.116. The highest BCUT2D eigenvalue weighted by Gasteiger charge is 2.11. The van der Waals surface area contributed by atoms with Crippen molar-refractivity contribution < 1.29 is 9.21 Å². The molecule has 0 bridgehead atoms. The van der Waals surface area contributed by atoms with Crippen LogP contribution in [0.5, 0.6) is 0 Å². The van der Waals surface area contributed by atoms with Crippen molar-refractivity contribution in [3.63, 3.8) is 0 Å². The number of carbonyl (C=O) groups excluding carboxylic acids is 1. The predicted octanol–water partition coefficient (Wildman–Crippen LogP) is 4.58. The van der Waals surface area contributed by atoms with Crippen molar-refractivity contribution in [2.24, 2.45) is 7.05 Å². The first-order valence-electron chi connectivity index (χ1n) is 8.61. The zero-order valence-corrected chi connectivity index (χ0v) is 16.8. The van der Waals surface area contributed by atoms with Gasteiger partial charge in [-0.25, -0.2) is 4.98 Å². The Kier molecular flexibility index (Phi) is 5.02. The molecule has 0 radical (unpaired) electrons. The maximum atomic E-state index is 12.1. The van der Waals surface area contributed by atoms with E-state index in [0.717, 1.165) is 26.5 Å². The third-order valence-electron chi connectivity index (χ3n) is 4.20. The molecule has 1 amide bonds. The van der Waals surface area contributed by atoms with Crippen LogP contribution in [0.3, 0.4) is 0 Å². The van der Waals surface area contributed by atoms with Crippen molar-refractivity contribution in [2.75, 3.05) is 0 Å². The molecule has 1 aromatic carbocycles. The number of fused-ring (bicyclic) bond motifs is 1. The zero-order chi connectivity index (χ0) is 19.7. The lowest BCUT2D eigenvalue weighted by Crippen LogP contribution is -2.19. The summed E-state index contributed by atoms with van der Waals surface area (Å²) in [5, 5.41) is 8.32. The standard InChI is InChI=1S/C20H17ClN4O2S/c1-12-14(19(21)25(2)24-12)8-10-18(26)22-11-13-7-9-16(27-13)20-23-15-5-3-4-6-17(15)28-20/h3-10H,11H2,1-2H3,(H,22,26)/b10-8+. The molecule has 1 N–H and O–H groups in total. The zero-order valence-electron chi connectivity index (χ0n) is 15.3. The fraction of sp³-hybridized carbons (Fsp3) is 0.150. The van der Waals surface area contributed by atoms with E-state index in [1.165, 1.54) is 6.08 Å². The van der Waals surface area contributed by atoms with Gasteiger partial charge in [0.15, 0.2) is 10.8 Å². The van der Waals surface area contributed by atoms with Crippen LogP contribution in [0, 0.1) is 6.92 Å². The van der Waals surface area contributed by atoms with Crippen LogP contribution in [-0.2, 0) is 18.4 Å². The molecule has 3 heterocycles. The molecule has 28 heavy (non-hydrogen) atoms. The molecule has 6 nitrogen and oxygen atoms in total. The van der Waals surface area contributed by atoms with Gasteiger partial charge >= 0.3 is 0 Å². The third kappa shape index (κ3) is 3.72. The lowest BCUT2D eigenvalue weighted by atomic mass is 10.2. The Bertz CT molecular complexity index is 1160. The number of hydrogen-bond acceptors (Lipinski definition) is 5. The molecular formula is C20H17ClN4O2S. The van der Waals surface area contributed by atoms with Crippen LogP contribution in [0.2, 0.25) is 5.15 Å². The number of benzene rings is 1. The summed E-state index contributed by atoms with van der Waals surface area (Å²) in [6.45, 7) is 2.13. The van der Waals surface area contributed by atoms with Gasteiger partial charge in [0.05, 0.1) is 22.5 Å². The molecule has 4 aromatic rings. The number of aryl methyl sites for hydroxylation is 2. The highest BCUT2D eigenvalue weighted by Crippen LogP contribution is 2.31. The van der Waals surface area contributed by atoms with Gasteiger partial charge in [-0.15, -0.1) is 11.3 Å². The molecule has 142 valence electrons. The molecule has 0 spiro atoms. The van der Waals surface area contributed by atoms with Gasteiger partial charge < -0.3 is 9.73 Å². The topological polar surface area (TPSA) is 73.0 Å². The minimum atomic E-state index is -0.239. The van der Waals surface area contributed by atoms with Crippen LogP contribution in [0.1, 0.15) is 17.0 Å². The number of aromatic nitrogens is 3. The summed E-state index contributed by atoms with van der Waals surface area (Å²) in [7, 11) is 1.76. The van der Waals surface area contributed by atoms with Gasteiger partial charge in [0.25, 0.3) is 0 Å². The largest absolute Gasteiger partial charge is 0.457 e. The smallest absolute Gasteiger partial charge is 0.244 e. The number of para-hydroxylation sites is 1. The maximum absolute atomic E-state index is 12.1. The third-order valence-corrected chi connectivity index (χ3v) is 5.70. The van der Waals surface area contributed by atoms with Gasteiger partial charge in [-0.2, -0.15) is 5.10 Å². The van der Waals surface area contributed by atoms with E-state index in [1.54, 1.807) is 29.1 Å². The van der Waals surface area contributed by atoms with Crippen LogP contribution in [0.25, 0.3) is 27.1 Å². The first-order chi connectivity index (χ1) is 13.5. The number of amides is 1. The lowest BCUT2D eigenvalue weighted by Gasteiger charge is -1.99. The fourth-order valence-electron chi connectivity index (χ4n) is 2.79. The first-order valence-corrected chi connectivity index (χ1v) is 9.80. The summed E-state index contributed by atoms with van der Waals surface area (Å²) in [6.07, 6.45) is 3.10. The number of furan rings is 1. The van der Waals surface area contributed by atoms with Crippen LogP contribution >= 0.6 is 22.9 Å². The summed E-state index contributed by atoms with van der Waals surface area (Å²) in [5.41, 5.74) is 2.45. The van der Waals surface area contributed by atoms with Gasteiger partial charge in [-0.3, -0.25) is 9.48 Å². The van der Waals surface area contributed by atoms with E-state index in [2.05, 4.69) is 15.4 Å². The Morgan fingerprint density at radius 1 is 1.32 bits per heavy atom. The molecule has 0 fully saturated rings. The van der Waals surface area contributed by atoms with Crippen molar-refractivity contribution in [1.82, 2.24) is 20.1 Å². The molecule has 0 aliphatic carbocycles. The minimum Gasteiger partial charge on any atom is -0.457 e. The summed E-state index contributed by atoms with van der Waals surface area (Å²) in [4.78, 5) is 16.7. The van der Waals surface area contributed by atoms with E-state index in [-0.39, 0.29) is 12.5 Å². The van der Waals surface area contributed by atoms with E-state index < -0.39 is 0 Å². The van der Waals surface area contributed by atoms with Crippen LogP contribution < -0.4 is 5.32 Å². The number of hydrogen-bond donors (Lipinski definition) is 1. The molecule has 4 rings (SSSR count). The second-order valence-corrected chi connectivity index (χ2v) is 7.61. The second kappa shape index (κ2) is 7.61. The monoisotopic (exact) mass is 412 g/mol.